The summed E-state index contributed by atoms with van der Waals surface area (Å²) in [6, 6.07) is 0. The number of hydrogen-bond acceptors (Lipinski definition) is 3. The van der Waals surface area contributed by atoms with E-state index in [1.54, 1.807) is 6.92 Å². The minimum Gasteiger partial charge on any atom is -0.353 e. The van der Waals surface area contributed by atoms with E-state index in [1.807, 2.05) is 0 Å². The third-order valence-electron chi connectivity index (χ3n) is 3.61. The van der Waals surface area contributed by atoms with Crippen LogP contribution in [0.2, 0.25) is 0 Å². The summed E-state index contributed by atoms with van der Waals surface area (Å²) >= 11 is 0. The van der Waals surface area contributed by atoms with Crippen LogP contribution in [-0.2, 0) is 14.3 Å². The van der Waals surface area contributed by atoms with Crippen molar-refractivity contribution in [3.05, 3.63) is 0 Å². The van der Waals surface area contributed by atoms with E-state index in [9.17, 15) is 4.79 Å². The van der Waals surface area contributed by atoms with E-state index in [2.05, 4.69) is 0 Å². The monoisotopic (exact) mass is 270 g/mol. The standard InChI is InChI=1S/C16H30O3/c1-15(17)11-7-5-3-2-4-6-9-13-18-16-12-8-10-14-19-16/h16H,2-14H2,1H3. The summed E-state index contributed by atoms with van der Waals surface area (Å²) in [6.07, 6.45) is 12.8. The Morgan fingerprint density at radius 3 is 2.37 bits per heavy atom. The van der Waals surface area contributed by atoms with Crippen LogP contribution < -0.4 is 0 Å². The second kappa shape index (κ2) is 11.4. The number of Topliss-reactive ketones (excluding diaryl/α,β-unsaturated/α-hetero) is 1. The Morgan fingerprint density at radius 2 is 1.74 bits per heavy atom. The molecule has 0 aromatic heterocycles. The molecule has 1 atom stereocenters. The molecule has 112 valence electrons. The molecule has 1 rings (SSSR count). The summed E-state index contributed by atoms with van der Waals surface area (Å²) in [5, 5.41) is 0. The molecule has 1 fully saturated rings. The predicted molar refractivity (Wildman–Crippen MR) is 77.2 cm³/mol. The third kappa shape index (κ3) is 10.1. The molecular formula is C16H30O3. The van der Waals surface area contributed by atoms with E-state index >= 15 is 0 Å². The lowest BCUT2D eigenvalue weighted by Gasteiger charge is -2.22. The Kier molecular flexibility index (Phi) is 10.0. The number of carbonyl (C=O) groups excluding carboxylic acids is 1. The van der Waals surface area contributed by atoms with Crippen LogP contribution in [0.1, 0.15) is 77.6 Å². The van der Waals surface area contributed by atoms with Gasteiger partial charge in [0, 0.05) is 19.6 Å². The van der Waals surface area contributed by atoms with Crippen molar-refractivity contribution in [2.75, 3.05) is 13.2 Å². The number of carbonyl (C=O) groups is 1. The van der Waals surface area contributed by atoms with Crippen molar-refractivity contribution in [3.8, 4) is 0 Å². The molecule has 1 aliphatic heterocycles. The lowest BCUT2D eigenvalue weighted by molar-refractivity contribution is -0.162. The maximum atomic E-state index is 10.8. The molecule has 1 heterocycles. The maximum absolute atomic E-state index is 10.8. The van der Waals surface area contributed by atoms with Crippen LogP contribution in [0, 0.1) is 0 Å². The molecule has 1 aliphatic rings. The molecule has 3 heteroatoms. The van der Waals surface area contributed by atoms with Crippen molar-refractivity contribution < 1.29 is 14.3 Å². The molecule has 0 radical (unpaired) electrons. The topological polar surface area (TPSA) is 35.5 Å². The first kappa shape index (κ1) is 16.6. The van der Waals surface area contributed by atoms with Crippen molar-refractivity contribution in [3.63, 3.8) is 0 Å². The molecule has 0 aliphatic carbocycles. The SMILES string of the molecule is CC(=O)CCCCCCCCCOC1CCCCO1. The molecule has 1 unspecified atom stereocenters. The fourth-order valence-corrected chi connectivity index (χ4v) is 2.42. The van der Waals surface area contributed by atoms with Gasteiger partial charge < -0.3 is 14.3 Å². The Balaban J connectivity index is 1.74. The van der Waals surface area contributed by atoms with E-state index in [1.165, 1.54) is 44.9 Å². The number of unbranched alkanes of at least 4 members (excludes halogenated alkanes) is 6. The fourth-order valence-electron chi connectivity index (χ4n) is 2.42. The zero-order valence-electron chi connectivity index (χ0n) is 12.5. The Morgan fingerprint density at radius 1 is 1.05 bits per heavy atom. The van der Waals surface area contributed by atoms with Crippen LogP contribution in [0.5, 0.6) is 0 Å². The number of ketones is 1. The van der Waals surface area contributed by atoms with Gasteiger partial charge in [0.05, 0.1) is 0 Å². The first-order chi connectivity index (χ1) is 9.29. The van der Waals surface area contributed by atoms with E-state index in [-0.39, 0.29) is 6.29 Å². The first-order valence-corrected chi connectivity index (χ1v) is 8.01. The highest BCUT2D eigenvalue weighted by molar-refractivity contribution is 5.75. The van der Waals surface area contributed by atoms with Crippen molar-refractivity contribution in [1.82, 2.24) is 0 Å². The normalized spacial score (nSPS) is 19.5. The Hall–Kier alpha value is -0.410. The molecule has 0 saturated carbocycles. The van der Waals surface area contributed by atoms with E-state index < -0.39 is 0 Å². The Labute approximate surface area is 118 Å². The molecule has 0 aromatic rings. The van der Waals surface area contributed by atoms with E-state index in [0.717, 1.165) is 38.9 Å². The molecule has 0 amide bonds. The highest BCUT2D eigenvalue weighted by Gasteiger charge is 2.13. The largest absolute Gasteiger partial charge is 0.353 e. The van der Waals surface area contributed by atoms with Gasteiger partial charge in [-0.15, -0.1) is 0 Å². The molecule has 0 N–H and O–H groups in total. The summed E-state index contributed by atoms with van der Waals surface area (Å²) in [6.45, 7) is 3.38. The molecule has 0 bridgehead atoms. The van der Waals surface area contributed by atoms with E-state index in [0.29, 0.717) is 5.78 Å². The van der Waals surface area contributed by atoms with Gasteiger partial charge >= 0.3 is 0 Å². The van der Waals surface area contributed by atoms with Crippen molar-refractivity contribution in [2.45, 2.75) is 83.8 Å². The quantitative estimate of drug-likeness (QED) is 0.527. The van der Waals surface area contributed by atoms with Gasteiger partial charge in [0.1, 0.15) is 5.78 Å². The van der Waals surface area contributed by atoms with Crippen molar-refractivity contribution in [1.29, 1.82) is 0 Å². The highest BCUT2D eigenvalue weighted by atomic mass is 16.7. The van der Waals surface area contributed by atoms with Gasteiger partial charge in [0.15, 0.2) is 6.29 Å². The van der Waals surface area contributed by atoms with Gasteiger partial charge in [-0.25, -0.2) is 0 Å². The van der Waals surface area contributed by atoms with Gasteiger partial charge in [0.2, 0.25) is 0 Å². The second-order valence-corrected chi connectivity index (χ2v) is 5.59. The molecule has 0 aromatic carbocycles. The second-order valence-electron chi connectivity index (χ2n) is 5.59. The number of hydrogen-bond donors (Lipinski definition) is 0. The van der Waals surface area contributed by atoms with Gasteiger partial charge in [-0.1, -0.05) is 32.1 Å². The van der Waals surface area contributed by atoms with Gasteiger partial charge in [-0.3, -0.25) is 0 Å². The third-order valence-corrected chi connectivity index (χ3v) is 3.61. The number of rotatable bonds is 11. The van der Waals surface area contributed by atoms with Crippen LogP contribution >= 0.6 is 0 Å². The van der Waals surface area contributed by atoms with Crippen molar-refractivity contribution in [2.24, 2.45) is 0 Å². The molecule has 19 heavy (non-hydrogen) atoms. The zero-order valence-corrected chi connectivity index (χ0v) is 12.5. The van der Waals surface area contributed by atoms with Gasteiger partial charge in [-0.2, -0.15) is 0 Å². The first-order valence-electron chi connectivity index (χ1n) is 8.01. The van der Waals surface area contributed by atoms with Crippen LogP contribution in [0.25, 0.3) is 0 Å². The molecule has 3 nitrogen and oxygen atoms in total. The summed E-state index contributed by atoms with van der Waals surface area (Å²) in [5.41, 5.74) is 0. The van der Waals surface area contributed by atoms with Crippen LogP contribution in [0.15, 0.2) is 0 Å². The lowest BCUT2D eigenvalue weighted by atomic mass is 10.1. The molecule has 0 spiro atoms. The fraction of sp³-hybridized carbons (Fsp3) is 0.938. The van der Waals surface area contributed by atoms with Gasteiger partial charge in [-0.05, 0) is 39.0 Å². The number of ether oxygens (including phenoxy) is 2. The lowest BCUT2D eigenvalue weighted by Crippen LogP contribution is -2.22. The highest BCUT2D eigenvalue weighted by Crippen LogP contribution is 2.14. The average Bonchev–Trinajstić information content (AvgIpc) is 2.42. The molecular weight excluding hydrogens is 240 g/mol. The van der Waals surface area contributed by atoms with Crippen molar-refractivity contribution >= 4 is 5.78 Å². The zero-order chi connectivity index (χ0) is 13.8. The van der Waals surface area contributed by atoms with Crippen LogP contribution in [-0.4, -0.2) is 25.3 Å². The summed E-state index contributed by atoms with van der Waals surface area (Å²) in [5.74, 6) is 0.321. The molecule has 1 saturated heterocycles. The minimum absolute atomic E-state index is 0.0698. The average molecular weight is 270 g/mol. The maximum Gasteiger partial charge on any atom is 0.157 e. The summed E-state index contributed by atoms with van der Waals surface area (Å²) in [4.78, 5) is 10.8. The van der Waals surface area contributed by atoms with Gasteiger partial charge in [0.25, 0.3) is 0 Å². The summed E-state index contributed by atoms with van der Waals surface area (Å²) < 4.78 is 11.2. The summed E-state index contributed by atoms with van der Waals surface area (Å²) in [7, 11) is 0. The Bertz CT molecular complexity index is 222. The van der Waals surface area contributed by atoms with E-state index in [4.69, 9.17) is 9.47 Å². The predicted octanol–water partition coefficient (Wildman–Crippen LogP) is 4.24. The van der Waals surface area contributed by atoms with Crippen LogP contribution in [0.4, 0.5) is 0 Å². The minimum atomic E-state index is 0.0698. The smallest absolute Gasteiger partial charge is 0.157 e. The van der Waals surface area contributed by atoms with Crippen LogP contribution in [0.3, 0.4) is 0 Å².